The van der Waals surface area contributed by atoms with E-state index in [1.807, 2.05) is 6.92 Å². The Morgan fingerprint density at radius 1 is 1.71 bits per heavy atom. The topological polar surface area (TPSA) is 20.2 Å². The van der Waals surface area contributed by atoms with Gasteiger partial charge in [0.15, 0.2) is 0 Å². The molecule has 0 bridgehead atoms. The first kappa shape index (κ1) is 10.1. The van der Waals surface area contributed by atoms with Gasteiger partial charge >= 0.3 is 0 Å². The highest BCUT2D eigenvalue weighted by molar-refractivity contribution is 6.25. The Hall–Kier alpha value is -0.0100. The monoisotopic (exact) mass is 122 g/mol. The highest BCUT2D eigenvalue weighted by atomic mass is 35.5. The Kier molecular flexibility index (Phi) is 24.0. The Morgan fingerprint density at radius 2 is 1.86 bits per heavy atom. The Morgan fingerprint density at radius 3 is 1.86 bits per heavy atom. The molecular formula is C5H11ClO. The van der Waals surface area contributed by atoms with Crippen molar-refractivity contribution in [3.05, 3.63) is 11.6 Å². The van der Waals surface area contributed by atoms with Crippen molar-refractivity contribution in [2.45, 2.75) is 13.8 Å². The molecule has 0 aromatic rings. The van der Waals surface area contributed by atoms with Crippen LogP contribution in [0, 0.1) is 0 Å². The molecule has 0 atom stereocenters. The maximum absolute atomic E-state index is 7.57. The van der Waals surface area contributed by atoms with Crippen LogP contribution >= 0.6 is 11.6 Å². The summed E-state index contributed by atoms with van der Waals surface area (Å²) in [5.74, 6) is 0. The van der Waals surface area contributed by atoms with Gasteiger partial charge in [-0.05, 0) is 19.4 Å². The average Bonchev–Trinajstić information content (AvgIpc) is 1.69. The number of hydrogen-bond acceptors (Lipinski definition) is 1. The summed E-state index contributed by atoms with van der Waals surface area (Å²) in [6.07, 6.45) is 1.77. The molecule has 7 heavy (non-hydrogen) atoms. The molecule has 0 spiro atoms. The molecule has 0 heterocycles. The first-order chi connectivity index (χ1) is 3.33. The van der Waals surface area contributed by atoms with Crippen LogP contribution < -0.4 is 0 Å². The molecule has 0 aromatic carbocycles. The molecule has 0 unspecified atom stereocenters. The summed E-state index contributed by atoms with van der Waals surface area (Å²) < 4.78 is 0. The van der Waals surface area contributed by atoms with Crippen molar-refractivity contribution < 1.29 is 5.11 Å². The summed E-state index contributed by atoms with van der Waals surface area (Å²) in [6, 6.07) is 0. The van der Waals surface area contributed by atoms with Crippen LogP contribution in [0.1, 0.15) is 13.8 Å². The normalized spacial score (nSPS) is 8.00. The zero-order valence-corrected chi connectivity index (χ0v) is 5.44. The zero-order valence-electron chi connectivity index (χ0n) is 4.69. The minimum atomic E-state index is 0.250. The lowest BCUT2D eigenvalue weighted by Gasteiger charge is -1.52. The van der Waals surface area contributed by atoms with Gasteiger partial charge in [-0.25, -0.2) is 0 Å². The molecule has 44 valence electrons. The minimum absolute atomic E-state index is 0.250. The third kappa shape index (κ3) is 97.3. The van der Waals surface area contributed by atoms with E-state index < -0.39 is 0 Å². The Balaban J connectivity index is 0. The molecular weight excluding hydrogens is 112 g/mol. The van der Waals surface area contributed by atoms with Crippen LogP contribution in [0.2, 0.25) is 0 Å². The molecule has 1 N–H and O–H groups in total. The average molecular weight is 123 g/mol. The van der Waals surface area contributed by atoms with Gasteiger partial charge in [-0.1, -0.05) is 17.7 Å². The van der Waals surface area contributed by atoms with Crippen molar-refractivity contribution in [2.24, 2.45) is 0 Å². The molecule has 0 aromatic heterocycles. The van der Waals surface area contributed by atoms with E-state index in [1.165, 1.54) is 5.54 Å². The van der Waals surface area contributed by atoms with E-state index in [1.54, 1.807) is 13.0 Å². The number of allylic oxidation sites excluding steroid dienone is 1. The molecule has 0 saturated heterocycles. The van der Waals surface area contributed by atoms with Crippen molar-refractivity contribution >= 4 is 11.6 Å². The van der Waals surface area contributed by atoms with Crippen molar-refractivity contribution in [1.82, 2.24) is 0 Å². The van der Waals surface area contributed by atoms with Gasteiger partial charge in [-0.15, -0.1) is 0 Å². The van der Waals surface area contributed by atoms with E-state index in [2.05, 4.69) is 0 Å². The van der Waals surface area contributed by atoms with E-state index in [-0.39, 0.29) is 6.61 Å². The Labute approximate surface area is 49.6 Å². The van der Waals surface area contributed by atoms with Gasteiger partial charge in [0.2, 0.25) is 0 Å². The standard InChI is InChI=1S/C3H5Cl.C2H6O/c1-2-3-4;1-2-3/h2-3H,1H3;3H,2H2,1H3/b3-2+;. The van der Waals surface area contributed by atoms with Crippen molar-refractivity contribution in [2.75, 3.05) is 6.61 Å². The number of halogens is 1. The lowest BCUT2D eigenvalue weighted by Crippen LogP contribution is -1.57. The van der Waals surface area contributed by atoms with Gasteiger partial charge in [0.05, 0.1) is 0 Å². The number of aliphatic hydroxyl groups is 1. The molecule has 0 saturated carbocycles. The molecule has 1 nitrogen and oxygen atoms in total. The molecule has 0 aliphatic rings. The number of aliphatic hydroxyl groups excluding tert-OH is 1. The van der Waals surface area contributed by atoms with Crippen LogP contribution in [-0.2, 0) is 0 Å². The van der Waals surface area contributed by atoms with E-state index in [0.29, 0.717) is 0 Å². The highest BCUT2D eigenvalue weighted by Gasteiger charge is 1.37. The molecule has 0 rings (SSSR count). The van der Waals surface area contributed by atoms with Gasteiger partial charge in [-0.3, -0.25) is 0 Å². The van der Waals surface area contributed by atoms with Gasteiger partial charge in [0.25, 0.3) is 0 Å². The molecule has 0 radical (unpaired) electrons. The van der Waals surface area contributed by atoms with E-state index in [4.69, 9.17) is 16.7 Å². The van der Waals surface area contributed by atoms with Crippen molar-refractivity contribution in [1.29, 1.82) is 0 Å². The van der Waals surface area contributed by atoms with Crippen molar-refractivity contribution in [3.63, 3.8) is 0 Å². The van der Waals surface area contributed by atoms with Gasteiger partial charge in [-0.2, -0.15) is 0 Å². The first-order valence-electron chi connectivity index (χ1n) is 2.15. The highest BCUT2D eigenvalue weighted by Crippen LogP contribution is 1.70. The first-order valence-corrected chi connectivity index (χ1v) is 2.59. The summed E-state index contributed by atoms with van der Waals surface area (Å²) >= 11 is 5.01. The SMILES string of the molecule is C/C=C/Cl.CCO. The van der Waals surface area contributed by atoms with Crippen LogP contribution in [0.4, 0.5) is 0 Å². The van der Waals surface area contributed by atoms with E-state index >= 15 is 0 Å². The predicted molar refractivity (Wildman–Crippen MR) is 33.4 cm³/mol. The third-order valence-corrected chi connectivity index (χ3v) is 0.378. The third-order valence-electron chi connectivity index (χ3n) is 0.126. The maximum Gasteiger partial charge on any atom is 0.0402 e. The molecule has 0 amide bonds. The van der Waals surface area contributed by atoms with Crippen LogP contribution in [0.25, 0.3) is 0 Å². The van der Waals surface area contributed by atoms with Gasteiger partial charge in [0, 0.05) is 6.61 Å². The molecule has 0 aliphatic heterocycles. The molecule has 0 fully saturated rings. The largest absolute Gasteiger partial charge is 0.397 e. The number of hydrogen-bond donors (Lipinski definition) is 1. The van der Waals surface area contributed by atoms with Crippen LogP contribution in [-0.4, -0.2) is 11.7 Å². The summed E-state index contributed by atoms with van der Waals surface area (Å²) in [5, 5.41) is 7.57. The molecule has 2 heteroatoms. The second-order valence-corrected chi connectivity index (χ2v) is 1.03. The predicted octanol–water partition coefficient (Wildman–Crippen LogP) is 1.76. The zero-order chi connectivity index (χ0) is 6.12. The Bertz CT molecular complexity index is 31.1. The number of rotatable bonds is 0. The molecule has 0 aliphatic carbocycles. The lowest BCUT2D eigenvalue weighted by molar-refractivity contribution is 0.318. The summed E-state index contributed by atoms with van der Waals surface area (Å²) in [5.41, 5.74) is 1.47. The fraction of sp³-hybridized carbons (Fsp3) is 0.600. The second-order valence-electron chi connectivity index (χ2n) is 0.776. The van der Waals surface area contributed by atoms with Crippen LogP contribution in [0.15, 0.2) is 11.6 Å². The maximum atomic E-state index is 7.57. The fourth-order valence-corrected chi connectivity index (χ4v) is 0. The summed E-state index contributed by atoms with van der Waals surface area (Å²) in [4.78, 5) is 0. The van der Waals surface area contributed by atoms with Crippen molar-refractivity contribution in [3.8, 4) is 0 Å². The minimum Gasteiger partial charge on any atom is -0.397 e. The van der Waals surface area contributed by atoms with Crippen LogP contribution in [0.3, 0.4) is 0 Å². The van der Waals surface area contributed by atoms with Gasteiger partial charge in [0.1, 0.15) is 0 Å². The lowest BCUT2D eigenvalue weighted by atomic mass is 10.8. The summed E-state index contributed by atoms with van der Waals surface area (Å²) in [7, 11) is 0. The smallest absolute Gasteiger partial charge is 0.0402 e. The second kappa shape index (κ2) is 16.7. The van der Waals surface area contributed by atoms with Gasteiger partial charge < -0.3 is 5.11 Å². The fourth-order valence-electron chi connectivity index (χ4n) is 0. The van der Waals surface area contributed by atoms with Crippen LogP contribution in [0.5, 0.6) is 0 Å². The summed E-state index contributed by atoms with van der Waals surface area (Å²) in [6.45, 7) is 3.80. The van der Waals surface area contributed by atoms with E-state index in [0.717, 1.165) is 0 Å². The quantitative estimate of drug-likeness (QED) is 0.519. The van der Waals surface area contributed by atoms with E-state index in [9.17, 15) is 0 Å².